The van der Waals surface area contributed by atoms with Gasteiger partial charge in [0.1, 0.15) is 5.75 Å². The number of piperidine rings is 1. The first-order chi connectivity index (χ1) is 13.9. The SMILES string of the molecule is CS(=O)(=O)NC1CCCN2C(=O)COc3cccnc3C3CCC(CC3)OCC12. The van der Waals surface area contributed by atoms with Gasteiger partial charge < -0.3 is 14.4 Å². The minimum atomic E-state index is -3.38. The fourth-order valence-corrected chi connectivity index (χ4v) is 5.60. The molecule has 2 atom stereocenters. The van der Waals surface area contributed by atoms with Crippen LogP contribution in [-0.2, 0) is 19.6 Å². The summed E-state index contributed by atoms with van der Waals surface area (Å²) in [4.78, 5) is 19.3. The standard InChI is InChI=1S/C20H29N3O5S/c1-29(25,26)22-16-4-3-11-23-17(16)12-27-15-8-6-14(7-9-15)20-18(5-2-10-21-20)28-13-19(23)24/h2,5,10,14-17,22H,3-4,6-9,11-13H2,1H3. The number of rotatable bonds is 2. The van der Waals surface area contributed by atoms with E-state index in [4.69, 9.17) is 9.47 Å². The summed E-state index contributed by atoms with van der Waals surface area (Å²) in [5.41, 5.74) is 0.921. The Morgan fingerprint density at radius 2 is 2.00 bits per heavy atom. The van der Waals surface area contributed by atoms with Crippen LogP contribution in [0, 0.1) is 0 Å². The fourth-order valence-electron chi connectivity index (χ4n) is 4.78. The summed E-state index contributed by atoms with van der Waals surface area (Å²) in [6, 6.07) is 3.02. The highest BCUT2D eigenvalue weighted by atomic mass is 32.2. The van der Waals surface area contributed by atoms with Crippen LogP contribution >= 0.6 is 0 Å². The number of nitrogens with zero attached hydrogens (tertiary/aromatic N) is 2. The summed E-state index contributed by atoms with van der Waals surface area (Å²) < 4.78 is 38.5. The molecule has 8 nitrogen and oxygen atoms in total. The molecule has 1 N–H and O–H groups in total. The second-order valence-corrected chi connectivity index (χ2v) is 10.1. The minimum absolute atomic E-state index is 0.0864. The molecule has 1 amide bonds. The van der Waals surface area contributed by atoms with Gasteiger partial charge in [0.2, 0.25) is 10.0 Å². The molecular weight excluding hydrogens is 394 g/mol. The molecular formula is C20H29N3O5S. The lowest BCUT2D eigenvalue weighted by molar-refractivity contribution is -0.140. The Morgan fingerprint density at radius 3 is 2.76 bits per heavy atom. The van der Waals surface area contributed by atoms with Crippen LogP contribution in [0.5, 0.6) is 5.75 Å². The smallest absolute Gasteiger partial charge is 0.260 e. The zero-order chi connectivity index (χ0) is 20.4. The van der Waals surface area contributed by atoms with Gasteiger partial charge in [-0.25, -0.2) is 13.1 Å². The summed E-state index contributed by atoms with van der Waals surface area (Å²) in [5.74, 6) is 0.827. The quantitative estimate of drug-likeness (QED) is 0.773. The highest BCUT2D eigenvalue weighted by Gasteiger charge is 2.37. The molecule has 3 aliphatic heterocycles. The molecule has 1 aliphatic carbocycles. The molecule has 0 aromatic carbocycles. The lowest BCUT2D eigenvalue weighted by Gasteiger charge is -2.41. The van der Waals surface area contributed by atoms with Crippen LogP contribution in [-0.4, -0.2) is 68.4 Å². The van der Waals surface area contributed by atoms with E-state index in [-0.39, 0.29) is 30.7 Å². The van der Waals surface area contributed by atoms with Crippen LogP contribution in [0.3, 0.4) is 0 Å². The Kier molecular flexibility index (Phi) is 6.08. The number of carbonyl (C=O) groups excluding carboxylic acids is 1. The van der Waals surface area contributed by atoms with Crippen molar-refractivity contribution in [1.29, 1.82) is 0 Å². The van der Waals surface area contributed by atoms with Gasteiger partial charge in [-0.15, -0.1) is 0 Å². The van der Waals surface area contributed by atoms with Gasteiger partial charge in [-0.2, -0.15) is 0 Å². The van der Waals surface area contributed by atoms with Gasteiger partial charge in [0.05, 0.1) is 30.7 Å². The van der Waals surface area contributed by atoms with E-state index in [0.717, 1.165) is 44.1 Å². The molecule has 2 fully saturated rings. The van der Waals surface area contributed by atoms with E-state index in [9.17, 15) is 13.2 Å². The number of pyridine rings is 1. The molecule has 1 saturated carbocycles. The lowest BCUT2D eigenvalue weighted by Crippen LogP contribution is -2.59. The minimum Gasteiger partial charge on any atom is -0.482 e. The Balaban J connectivity index is 1.61. The molecule has 1 aromatic rings. The molecule has 4 aliphatic rings. The fraction of sp³-hybridized carbons (Fsp3) is 0.700. The van der Waals surface area contributed by atoms with Gasteiger partial charge in [-0.3, -0.25) is 9.78 Å². The predicted octanol–water partition coefficient (Wildman–Crippen LogP) is 1.43. The number of sulfonamides is 1. The molecule has 29 heavy (non-hydrogen) atoms. The highest BCUT2D eigenvalue weighted by Crippen LogP contribution is 2.37. The van der Waals surface area contributed by atoms with Crippen LogP contribution in [0.1, 0.15) is 50.1 Å². The van der Waals surface area contributed by atoms with Gasteiger partial charge in [0.25, 0.3) is 5.91 Å². The number of amides is 1. The van der Waals surface area contributed by atoms with E-state index >= 15 is 0 Å². The van der Waals surface area contributed by atoms with Crippen molar-refractivity contribution in [2.75, 3.05) is 26.0 Å². The highest BCUT2D eigenvalue weighted by molar-refractivity contribution is 7.88. The molecule has 160 valence electrons. The Hall–Kier alpha value is -1.71. The van der Waals surface area contributed by atoms with Gasteiger partial charge in [-0.05, 0) is 50.7 Å². The molecule has 9 heteroatoms. The van der Waals surface area contributed by atoms with E-state index in [2.05, 4.69) is 9.71 Å². The third-order valence-electron chi connectivity index (χ3n) is 6.18. The Labute approximate surface area is 172 Å². The third-order valence-corrected chi connectivity index (χ3v) is 6.91. The van der Waals surface area contributed by atoms with Crippen molar-refractivity contribution in [3.05, 3.63) is 24.0 Å². The molecule has 2 unspecified atom stereocenters. The third kappa shape index (κ3) is 4.90. The van der Waals surface area contributed by atoms with Crippen LogP contribution < -0.4 is 9.46 Å². The summed E-state index contributed by atoms with van der Waals surface area (Å²) >= 11 is 0. The van der Waals surface area contributed by atoms with E-state index in [0.29, 0.717) is 31.2 Å². The van der Waals surface area contributed by atoms with E-state index in [1.54, 1.807) is 11.1 Å². The van der Waals surface area contributed by atoms with Gasteiger partial charge in [-0.1, -0.05) is 0 Å². The van der Waals surface area contributed by atoms with Crippen molar-refractivity contribution < 1.29 is 22.7 Å². The first-order valence-electron chi connectivity index (χ1n) is 10.4. The van der Waals surface area contributed by atoms with Gasteiger partial charge >= 0.3 is 0 Å². The summed E-state index contributed by atoms with van der Waals surface area (Å²) in [5, 5.41) is 0. The number of carbonyl (C=O) groups is 1. The summed E-state index contributed by atoms with van der Waals surface area (Å²) in [7, 11) is -3.38. The maximum absolute atomic E-state index is 13.0. The largest absolute Gasteiger partial charge is 0.482 e. The van der Waals surface area contributed by atoms with Crippen molar-refractivity contribution in [1.82, 2.24) is 14.6 Å². The van der Waals surface area contributed by atoms with Crippen molar-refractivity contribution in [2.45, 2.75) is 62.6 Å². The molecule has 5 rings (SSSR count). The first kappa shape index (κ1) is 20.6. The lowest BCUT2D eigenvalue weighted by atomic mass is 9.84. The van der Waals surface area contributed by atoms with Crippen molar-refractivity contribution in [2.24, 2.45) is 0 Å². The van der Waals surface area contributed by atoms with Crippen molar-refractivity contribution in [3.8, 4) is 5.75 Å². The average Bonchev–Trinajstić information content (AvgIpc) is 2.71. The van der Waals surface area contributed by atoms with Crippen LogP contribution in [0.4, 0.5) is 0 Å². The summed E-state index contributed by atoms with van der Waals surface area (Å²) in [6.07, 6.45) is 8.24. The number of hydrogen-bond donors (Lipinski definition) is 1. The molecule has 0 spiro atoms. The van der Waals surface area contributed by atoms with Crippen LogP contribution in [0.2, 0.25) is 0 Å². The monoisotopic (exact) mass is 423 g/mol. The van der Waals surface area contributed by atoms with E-state index in [1.165, 1.54) is 0 Å². The molecule has 0 radical (unpaired) electrons. The summed E-state index contributed by atoms with van der Waals surface area (Å²) in [6.45, 7) is 0.821. The second kappa shape index (κ2) is 8.57. The number of nitrogens with one attached hydrogen (secondary N) is 1. The van der Waals surface area contributed by atoms with Crippen LogP contribution in [0.25, 0.3) is 0 Å². The van der Waals surface area contributed by atoms with E-state index < -0.39 is 10.0 Å². The van der Waals surface area contributed by atoms with Gasteiger partial charge in [0.15, 0.2) is 6.61 Å². The molecule has 1 aromatic heterocycles. The van der Waals surface area contributed by atoms with Crippen molar-refractivity contribution in [3.63, 3.8) is 0 Å². The maximum Gasteiger partial charge on any atom is 0.260 e. The number of aromatic nitrogens is 1. The molecule has 4 heterocycles. The first-order valence-corrected chi connectivity index (χ1v) is 12.3. The maximum atomic E-state index is 13.0. The normalized spacial score (nSPS) is 30.9. The number of fused-ring (bicyclic) bond motifs is 5. The average molecular weight is 424 g/mol. The van der Waals surface area contributed by atoms with Crippen LogP contribution in [0.15, 0.2) is 18.3 Å². The van der Waals surface area contributed by atoms with Crippen molar-refractivity contribution >= 4 is 15.9 Å². The van der Waals surface area contributed by atoms with E-state index in [1.807, 2.05) is 12.1 Å². The predicted molar refractivity (Wildman–Crippen MR) is 107 cm³/mol. The number of ether oxygens (including phenoxy) is 2. The Bertz CT molecular complexity index is 838. The topological polar surface area (TPSA) is 97.8 Å². The molecule has 1 saturated heterocycles. The Morgan fingerprint density at radius 1 is 1.21 bits per heavy atom. The molecule has 2 bridgehead atoms. The second-order valence-electron chi connectivity index (χ2n) is 8.28. The van der Waals surface area contributed by atoms with Gasteiger partial charge in [0, 0.05) is 24.7 Å². The zero-order valence-corrected chi connectivity index (χ0v) is 17.6. The number of hydrogen-bond acceptors (Lipinski definition) is 6. The zero-order valence-electron chi connectivity index (χ0n) is 16.7.